The topological polar surface area (TPSA) is 57.5 Å². The maximum Gasteiger partial charge on any atom is 0.307 e. The highest BCUT2D eigenvalue weighted by Gasteiger charge is 2.43. The van der Waals surface area contributed by atoms with Crippen LogP contribution in [0, 0.1) is 23.7 Å². The predicted molar refractivity (Wildman–Crippen MR) is 81.1 cm³/mol. The van der Waals surface area contributed by atoms with Crippen LogP contribution in [-0.2, 0) is 11.2 Å². The van der Waals surface area contributed by atoms with Gasteiger partial charge in [0.25, 0.3) is 0 Å². The molecule has 2 bridgehead atoms. The van der Waals surface area contributed by atoms with Crippen LogP contribution in [0.5, 0.6) is 5.75 Å². The molecule has 0 radical (unpaired) electrons. The number of carboxylic acid groups (broad SMARTS) is 1. The van der Waals surface area contributed by atoms with Crippen LogP contribution < -0.4 is 0 Å². The number of carbonyl (C=O) groups is 1. The number of aromatic hydroxyl groups is 1. The first-order valence-corrected chi connectivity index (χ1v) is 8.14. The molecule has 3 heteroatoms. The molecule has 0 saturated heterocycles. The Balaban J connectivity index is 1.67. The Morgan fingerprint density at radius 3 is 2.62 bits per heavy atom. The normalized spacial score (nSPS) is 31.8. The lowest BCUT2D eigenvalue weighted by atomic mass is 9.61. The van der Waals surface area contributed by atoms with Crippen molar-refractivity contribution in [2.45, 2.75) is 44.9 Å². The van der Waals surface area contributed by atoms with Crippen LogP contribution in [-0.4, -0.2) is 16.2 Å². The molecule has 3 nitrogen and oxygen atoms in total. The summed E-state index contributed by atoms with van der Waals surface area (Å²) in [5.41, 5.74) is 1.19. The molecule has 2 saturated carbocycles. The summed E-state index contributed by atoms with van der Waals surface area (Å²) >= 11 is 0. The highest BCUT2D eigenvalue weighted by molar-refractivity contribution is 5.71. The first kappa shape index (κ1) is 14.4. The lowest BCUT2D eigenvalue weighted by molar-refractivity contribution is -0.149. The van der Waals surface area contributed by atoms with E-state index >= 15 is 0 Å². The van der Waals surface area contributed by atoms with Gasteiger partial charge in [0, 0.05) is 0 Å². The van der Waals surface area contributed by atoms with Gasteiger partial charge in [0.2, 0.25) is 0 Å². The van der Waals surface area contributed by atoms with E-state index in [1.54, 1.807) is 12.1 Å². The number of fused-ring (bicyclic) bond motifs is 2. The van der Waals surface area contributed by atoms with Crippen molar-refractivity contribution < 1.29 is 15.0 Å². The Hall–Kier alpha value is -1.51. The summed E-state index contributed by atoms with van der Waals surface area (Å²) in [7, 11) is 0. The molecule has 0 aromatic heterocycles. The van der Waals surface area contributed by atoms with E-state index in [0.717, 1.165) is 38.0 Å². The van der Waals surface area contributed by atoms with Gasteiger partial charge in [0.05, 0.1) is 5.92 Å². The highest BCUT2D eigenvalue weighted by atomic mass is 16.4. The number of rotatable bonds is 4. The Labute approximate surface area is 126 Å². The number of benzene rings is 1. The highest BCUT2D eigenvalue weighted by Crippen LogP contribution is 2.47. The fraction of sp³-hybridized carbons (Fsp3) is 0.611. The van der Waals surface area contributed by atoms with Crippen molar-refractivity contribution in [1.82, 2.24) is 0 Å². The van der Waals surface area contributed by atoms with Gasteiger partial charge in [-0.2, -0.15) is 0 Å². The Morgan fingerprint density at radius 2 is 1.90 bits per heavy atom. The molecule has 2 aliphatic rings. The maximum absolute atomic E-state index is 11.7. The second kappa shape index (κ2) is 6.08. The molecule has 0 aliphatic heterocycles. The number of phenolic OH excluding ortho intramolecular Hbond substituents is 1. The smallest absolute Gasteiger partial charge is 0.307 e. The summed E-state index contributed by atoms with van der Waals surface area (Å²) in [4.78, 5) is 11.7. The van der Waals surface area contributed by atoms with Crippen molar-refractivity contribution in [3.8, 4) is 5.75 Å². The molecule has 114 valence electrons. The SMILES string of the molecule is O=C(O)[C@@H]1C2CCCC(C2)CC1CCc1ccc(O)cc1. The third-order valence-corrected chi connectivity index (χ3v) is 5.50. The fourth-order valence-electron chi connectivity index (χ4n) is 4.55. The summed E-state index contributed by atoms with van der Waals surface area (Å²) in [6.07, 6.45) is 7.69. The average Bonchev–Trinajstić information content (AvgIpc) is 2.46. The first-order valence-electron chi connectivity index (χ1n) is 8.14. The third-order valence-electron chi connectivity index (χ3n) is 5.50. The molecule has 4 atom stereocenters. The summed E-state index contributed by atoms with van der Waals surface area (Å²) < 4.78 is 0. The van der Waals surface area contributed by atoms with Gasteiger partial charge >= 0.3 is 5.97 Å². The van der Waals surface area contributed by atoms with Crippen LogP contribution in [0.25, 0.3) is 0 Å². The minimum Gasteiger partial charge on any atom is -0.508 e. The van der Waals surface area contributed by atoms with Gasteiger partial charge in [-0.25, -0.2) is 0 Å². The van der Waals surface area contributed by atoms with E-state index in [-0.39, 0.29) is 11.7 Å². The first-order chi connectivity index (χ1) is 10.1. The predicted octanol–water partition coefficient (Wildman–Crippen LogP) is 3.85. The molecule has 1 aromatic carbocycles. The molecule has 2 N–H and O–H groups in total. The van der Waals surface area contributed by atoms with Crippen molar-refractivity contribution in [3.05, 3.63) is 29.8 Å². The van der Waals surface area contributed by atoms with E-state index in [1.807, 2.05) is 12.1 Å². The fourth-order valence-corrected chi connectivity index (χ4v) is 4.55. The van der Waals surface area contributed by atoms with E-state index in [2.05, 4.69) is 0 Å². The summed E-state index contributed by atoms with van der Waals surface area (Å²) in [6.45, 7) is 0. The number of phenols is 1. The van der Waals surface area contributed by atoms with Crippen molar-refractivity contribution >= 4 is 5.97 Å². The molecule has 21 heavy (non-hydrogen) atoms. The minimum atomic E-state index is -0.587. The lowest BCUT2D eigenvalue weighted by Crippen LogP contribution is -2.40. The van der Waals surface area contributed by atoms with E-state index < -0.39 is 5.97 Å². The van der Waals surface area contributed by atoms with E-state index in [4.69, 9.17) is 0 Å². The van der Waals surface area contributed by atoms with Gasteiger partial charge in [0.15, 0.2) is 0 Å². The second-order valence-corrected chi connectivity index (χ2v) is 6.86. The van der Waals surface area contributed by atoms with E-state index in [1.165, 1.54) is 18.4 Å². The van der Waals surface area contributed by atoms with Gasteiger partial charge in [-0.3, -0.25) is 4.79 Å². The van der Waals surface area contributed by atoms with Crippen LogP contribution in [0.3, 0.4) is 0 Å². The molecule has 0 amide bonds. The number of aryl methyl sites for hydroxylation is 1. The average molecular weight is 288 g/mol. The number of aliphatic carboxylic acids is 1. The summed E-state index contributed by atoms with van der Waals surface area (Å²) in [5, 5.41) is 18.9. The molecule has 0 spiro atoms. The molecule has 2 aliphatic carbocycles. The largest absolute Gasteiger partial charge is 0.508 e. The zero-order valence-corrected chi connectivity index (χ0v) is 12.4. The molecule has 0 heterocycles. The summed E-state index contributed by atoms with van der Waals surface area (Å²) in [6, 6.07) is 7.29. The van der Waals surface area contributed by atoms with Crippen LogP contribution in [0.4, 0.5) is 0 Å². The monoisotopic (exact) mass is 288 g/mol. The van der Waals surface area contributed by atoms with Crippen molar-refractivity contribution in [1.29, 1.82) is 0 Å². The molecule has 2 fully saturated rings. The van der Waals surface area contributed by atoms with Gasteiger partial charge in [-0.1, -0.05) is 25.0 Å². The quantitative estimate of drug-likeness (QED) is 0.884. The number of hydrogen-bond donors (Lipinski definition) is 2. The van der Waals surface area contributed by atoms with Gasteiger partial charge in [-0.05, 0) is 67.6 Å². The van der Waals surface area contributed by atoms with Crippen molar-refractivity contribution in [2.75, 3.05) is 0 Å². The lowest BCUT2D eigenvalue weighted by Gasteiger charge is -2.43. The minimum absolute atomic E-state index is 0.140. The van der Waals surface area contributed by atoms with Crippen LogP contribution in [0.2, 0.25) is 0 Å². The van der Waals surface area contributed by atoms with Crippen LogP contribution >= 0.6 is 0 Å². The Kier molecular flexibility index (Phi) is 4.18. The van der Waals surface area contributed by atoms with Crippen molar-refractivity contribution in [3.63, 3.8) is 0 Å². The standard InChI is InChI=1S/C18H24O3/c19-16-8-5-12(6-9-16)4-7-15-11-13-2-1-3-14(10-13)17(15)18(20)21/h5-6,8-9,13-15,17,19H,1-4,7,10-11H2,(H,20,21)/t13?,14?,15?,17-/m1/s1. The summed E-state index contributed by atoms with van der Waals surface area (Å²) in [5.74, 6) is 1.04. The third kappa shape index (κ3) is 3.22. The van der Waals surface area contributed by atoms with E-state index in [9.17, 15) is 15.0 Å². The molecule has 3 rings (SSSR count). The van der Waals surface area contributed by atoms with Gasteiger partial charge < -0.3 is 10.2 Å². The van der Waals surface area contributed by atoms with Gasteiger partial charge in [-0.15, -0.1) is 0 Å². The van der Waals surface area contributed by atoms with Crippen molar-refractivity contribution in [2.24, 2.45) is 23.7 Å². The Bertz CT molecular complexity index is 494. The molecule has 1 aromatic rings. The zero-order chi connectivity index (χ0) is 14.8. The zero-order valence-electron chi connectivity index (χ0n) is 12.4. The number of hydrogen-bond acceptors (Lipinski definition) is 2. The molecular weight excluding hydrogens is 264 g/mol. The van der Waals surface area contributed by atoms with Gasteiger partial charge in [0.1, 0.15) is 5.75 Å². The second-order valence-electron chi connectivity index (χ2n) is 6.86. The maximum atomic E-state index is 11.7. The Morgan fingerprint density at radius 1 is 1.14 bits per heavy atom. The van der Waals surface area contributed by atoms with Crippen LogP contribution in [0.1, 0.15) is 44.1 Å². The number of carboxylic acids is 1. The van der Waals surface area contributed by atoms with Crippen LogP contribution in [0.15, 0.2) is 24.3 Å². The molecule has 3 unspecified atom stereocenters. The van der Waals surface area contributed by atoms with E-state index in [0.29, 0.717) is 11.8 Å². The molecular formula is C18H24O3.